The van der Waals surface area contributed by atoms with Crippen molar-refractivity contribution in [3.63, 3.8) is 0 Å². The topological polar surface area (TPSA) is 54.5 Å². The van der Waals surface area contributed by atoms with E-state index in [1.807, 2.05) is 12.3 Å². The zero-order valence-electron chi connectivity index (χ0n) is 12.8. The Hall–Kier alpha value is -1.46. The van der Waals surface area contributed by atoms with Crippen molar-refractivity contribution in [1.29, 1.82) is 0 Å². The number of rotatable bonds is 5. The second kappa shape index (κ2) is 5.97. The van der Waals surface area contributed by atoms with E-state index in [1.165, 1.54) is 18.4 Å². The van der Waals surface area contributed by atoms with Crippen LogP contribution in [0.5, 0.6) is 0 Å². The minimum Gasteiger partial charge on any atom is -0.371 e. The first-order valence-electron chi connectivity index (χ1n) is 8.32. The second-order valence-electron chi connectivity index (χ2n) is 6.88. The van der Waals surface area contributed by atoms with Crippen molar-refractivity contribution in [3.8, 4) is 0 Å². The van der Waals surface area contributed by atoms with Gasteiger partial charge in [-0.05, 0) is 36.8 Å². The van der Waals surface area contributed by atoms with Gasteiger partial charge in [-0.3, -0.25) is 14.7 Å². The average molecular weight is 301 g/mol. The van der Waals surface area contributed by atoms with Gasteiger partial charge >= 0.3 is 0 Å². The number of nitrogens with one attached hydrogen (secondary N) is 1. The summed E-state index contributed by atoms with van der Waals surface area (Å²) >= 11 is 0. The molecule has 1 N–H and O–H groups in total. The Bertz CT molecular complexity index is 532. The van der Waals surface area contributed by atoms with Gasteiger partial charge in [-0.1, -0.05) is 6.07 Å². The van der Waals surface area contributed by atoms with Crippen LogP contribution in [0.4, 0.5) is 0 Å². The van der Waals surface area contributed by atoms with E-state index >= 15 is 0 Å². The quantitative estimate of drug-likeness (QED) is 0.888. The zero-order chi connectivity index (χ0) is 14.9. The van der Waals surface area contributed by atoms with Crippen molar-refractivity contribution < 1.29 is 9.53 Å². The van der Waals surface area contributed by atoms with Gasteiger partial charge in [-0.15, -0.1) is 0 Å². The Labute approximate surface area is 131 Å². The van der Waals surface area contributed by atoms with Gasteiger partial charge in [0.1, 0.15) is 0 Å². The summed E-state index contributed by atoms with van der Waals surface area (Å²) in [6.45, 7) is 3.50. The summed E-state index contributed by atoms with van der Waals surface area (Å²) in [5.74, 6) is 0.956. The Morgan fingerprint density at radius 1 is 1.41 bits per heavy atom. The lowest BCUT2D eigenvalue weighted by Gasteiger charge is -2.32. The van der Waals surface area contributed by atoms with E-state index in [-0.39, 0.29) is 24.0 Å². The average Bonchev–Trinajstić information content (AvgIpc) is 3.30. The lowest BCUT2D eigenvalue weighted by atomic mass is 9.99. The summed E-state index contributed by atoms with van der Waals surface area (Å²) in [5, 5.41) is 3.12. The molecule has 1 amide bonds. The van der Waals surface area contributed by atoms with Crippen LogP contribution in [-0.2, 0) is 16.1 Å². The lowest BCUT2D eigenvalue weighted by molar-refractivity contribution is -0.128. The number of carbonyl (C=O) groups is 1. The van der Waals surface area contributed by atoms with Gasteiger partial charge in [0.25, 0.3) is 0 Å². The Kier molecular flexibility index (Phi) is 3.84. The third kappa shape index (κ3) is 3.15. The predicted octanol–water partition coefficient (Wildman–Crippen LogP) is 1.20. The molecule has 1 saturated carbocycles. The molecule has 0 aromatic carbocycles. The molecule has 0 unspecified atom stereocenters. The highest BCUT2D eigenvalue weighted by molar-refractivity contribution is 5.79. The van der Waals surface area contributed by atoms with E-state index < -0.39 is 0 Å². The number of hydrogen-bond acceptors (Lipinski definition) is 4. The van der Waals surface area contributed by atoms with Gasteiger partial charge in [0.2, 0.25) is 5.91 Å². The number of likely N-dealkylation sites (tertiary alicyclic amines) is 1. The molecule has 3 aliphatic rings. The largest absolute Gasteiger partial charge is 0.371 e. The first kappa shape index (κ1) is 14.2. The third-order valence-electron chi connectivity index (χ3n) is 4.96. The highest BCUT2D eigenvalue weighted by atomic mass is 16.5. The highest BCUT2D eigenvalue weighted by Crippen LogP contribution is 2.33. The summed E-state index contributed by atoms with van der Waals surface area (Å²) in [7, 11) is 0. The summed E-state index contributed by atoms with van der Waals surface area (Å²) in [5.41, 5.74) is 1.22. The molecule has 4 rings (SSSR count). The van der Waals surface area contributed by atoms with Gasteiger partial charge in [0.05, 0.1) is 18.1 Å². The Morgan fingerprint density at radius 2 is 2.32 bits per heavy atom. The predicted molar refractivity (Wildman–Crippen MR) is 82.0 cm³/mol. The second-order valence-corrected chi connectivity index (χ2v) is 6.88. The van der Waals surface area contributed by atoms with Gasteiger partial charge < -0.3 is 10.1 Å². The standard InChI is InChI=1S/C17H23N3O2/c21-17(19-8-12-3-4-12)15-6-14-10-20(11-16(15)22-14)9-13-2-1-5-18-7-13/h1-2,5,7,12,14-16H,3-4,6,8-11H2,(H,19,21)/t14-,15+,16+/m0/s1. The van der Waals surface area contributed by atoms with E-state index in [4.69, 9.17) is 4.74 Å². The maximum absolute atomic E-state index is 12.4. The van der Waals surface area contributed by atoms with Crippen molar-refractivity contribution in [1.82, 2.24) is 15.2 Å². The van der Waals surface area contributed by atoms with Crippen LogP contribution < -0.4 is 5.32 Å². The van der Waals surface area contributed by atoms with Crippen LogP contribution in [0.15, 0.2) is 24.5 Å². The van der Waals surface area contributed by atoms with Crippen molar-refractivity contribution in [3.05, 3.63) is 30.1 Å². The van der Waals surface area contributed by atoms with Crippen molar-refractivity contribution in [2.45, 2.75) is 38.0 Å². The van der Waals surface area contributed by atoms with E-state index in [0.717, 1.165) is 38.5 Å². The molecular weight excluding hydrogens is 278 g/mol. The molecule has 1 aromatic rings. The SMILES string of the molecule is O=C(NCC1CC1)[C@@H]1C[C@H]2CN(Cc3cccnc3)C[C@H]1O2. The molecule has 3 heterocycles. The summed E-state index contributed by atoms with van der Waals surface area (Å²) in [4.78, 5) is 18.9. The van der Waals surface area contributed by atoms with Crippen LogP contribution in [-0.4, -0.2) is 47.6 Å². The van der Waals surface area contributed by atoms with Crippen molar-refractivity contribution in [2.24, 2.45) is 11.8 Å². The smallest absolute Gasteiger partial charge is 0.225 e. The summed E-state index contributed by atoms with van der Waals surface area (Å²) < 4.78 is 6.00. The van der Waals surface area contributed by atoms with Gasteiger partial charge in [-0.2, -0.15) is 0 Å². The van der Waals surface area contributed by atoms with Gasteiger partial charge in [-0.25, -0.2) is 0 Å². The van der Waals surface area contributed by atoms with E-state index in [0.29, 0.717) is 0 Å². The number of aromatic nitrogens is 1. The fourth-order valence-corrected chi connectivity index (χ4v) is 3.59. The molecule has 2 aliphatic heterocycles. The molecule has 0 spiro atoms. The maximum atomic E-state index is 12.4. The molecule has 5 heteroatoms. The molecule has 3 atom stereocenters. The third-order valence-corrected chi connectivity index (χ3v) is 4.96. The van der Waals surface area contributed by atoms with E-state index in [1.54, 1.807) is 6.20 Å². The molecule has 1 aromatic heterocycles. The first-order valence-corrected chi connectivity index (χ1v) is 8.32. The van der Waals surface area contributed by atoms with Crippen molar-refractivity contribution >= 4 is 5.91 Å². The molecule has 118 valence electrons. The van der Waals surface area contributed by atoms with Gasteiger partial charge in [0, 0.05) is 38.6 Å². The number of carbonyl (C=O) groups excluding carboxylic acids is 1. The van der Waals surface area contributed by atoms with Crippen LogP contribution in [0.3, 0.4) is 0 Å². The van der Waals surface area contributed by atoms with Crippen LogP contribution in [0.25, 0.3) is 0 Å². The Morgan fingerprint density at radius 3 is 3.09 bits per heavy atom. The molecular formula is C17H23N3O2. The Balaban J connectivity index is 1.34. The molecule has 1 aliphatic carbocycles. The van der Waals surface area contributed by atoms with Crippen LogP contribution >= 0.6 is 0 Å². The zero-order valence-corrected chi connectivity index (χ0v) is 12.8. The van der Waals surface area contributed by atoms with Crippen LogP contribution in [0, 0.1) is 11.8 Å². The number of pyridine rings is 1. The van der Waals surface area contributed by atoms with Crippen LogP contribution in [0.2, 0.25) is 0 Å². The number of amides is 1. The molecule has 22 heavy (non-hydrogen) atoms. The fraction of sp³-hybridized carbons (Fsp3) is 0.647. The number of fused-ring (bicyclic) bond motifs is 2. The first-order chi connectivity index (χ1) is 10.8. The van der Waals surface area contributed by atoms with Gasteiger partial charge in [0.15, 0.2) is 0 Å². The molecule has 5 nitrogen and oxygen atoms in total. The highest BCUT2D eigenvalue weighted by Gasteiger charge is 2.44. The summed E-state index contributed by atoms with van der Waals surface area (Å²) in [6, 6.07) is 4.07. The molecule has 3 fully saturated rings. The monoisotopic (exact) mass is 301 g/mol. The normalized spacial score (nSPS) is 31.2. The number of nitrogens with zero attached hydrogens (tertiary/aromatic N) is 2. The minimum atomic E-state index is 0.0302. The lowest BCUT2D eigenvalue weighted by Crippen LogP contribution is -2.45. The fourth-order valence-electron chi connectivity index (χ4n) is 3.59. The van der Waals surface area contributed by atoms with Crippen molar-refractivity contribution in [2.75, 3.05) is 19.6 Å². The number of hydrogen-bond donors (Lipinski definition) is 1. The van der Waals surface area contributed by atoms with E-state index in [9.17, 15) is 4.79 Å². The minimum absolute atomic E-state index is 0.0302. The van der Waals surface area contributed by atoms with E-state index in [2.05, 4.69) is 21.3 Å². The molecule has 2 bridgehead atoms. The number of morpholine rings is 1. The van der Waals surface area contributed by atoms with Crippen LogP contribution in [0.1, 0.15) is 24.8 Å². The molecule has 2 saturated heterocycles. The maximum Gasteiger partial charge on any atom is 0.225 e. The summed E-state index contributed by atoms with van der Waals surface area (Å²) in [6.07, 6.45) is 7.37. The molecule has 0 radical (unpaired) electrons. The number of ether oxygens (including phenoxy) is 1.